The van der Waals surface area contributed by atoms with Gasteiger partial charge in [0.05, 0.1) is 29.0 Å². The van der Waals surface area contributed by atoms with E-state index in [9.17, 15) is 14.7 Å². The molecule has 4 aromatic rings. The molecule has 0 aliphatic rings. The van der Waals surface area contributed by atoms with Gasteiger partial charge in [-0.05, 0) is 56.5 Å². The third kappa shape index (κ3) is 3.34. The molecule has 1 atom stereocenters. The number of aryl methyl sites for hydroxylation is 2. The number of imidazole rings is 1. The van der Waals surface area contributed by atoms with Gasteiger partial charge in [0.2, 0.25) is 0 Å². The number of benzene rings is 2. The quantitative estimate of drug-likeness (QED) is 0.441. The van der Waals surface area contributed by atoms with Gasteiger partial charge < -0.3 is 9.67 Å². The average Bonchev–Trinajstić information content (AvgIpc) is 3.21. The summed E-state index contributed by atoms with van der Waals surface area (Å²) >= 11 is 0. The molecule has 0 fully saturated rings. The first-order chi connectivity index (χ1) is 15.2. The second-order valence-electron chi connectivity index (χ2n) is 9.29. The maximum Gasteiger partial charge on any atom is 0.329 e. The second kappa shape index (κ2) is 8.01. The van der Waals surface area contributed by atoms with Crippen molar-refractivity contribution in [2.45, 2.75) is 53.1 Å². The van der Waals surface area contributed by atoms with Crippen LogP contribution in [0.5, 0.6) is 0 Å². The molecule has 1 unspecified atom stereocenters. The molecule has 6 heteroatoms. The van der Waals surface area contributed by atoms with Gasteiger partial charge in [-0.25, -0.2) is 4.79 Å². The molecule has 0 bridgehead atoms. The molecule has 168 valence electrons. The van der Waals surface area contributed by atoms with Crippen molar-refractivity contribution in [3.05, 3.63) is 70.3 Å². The van der Waals surface area contributed by atoms with Crippen LogP contribution in [0.4, 0.5) is 0 Å². The molecule has 0 amide bonds. The highest BCUT2D eigenvalue weighted by atomic mass is 16.4. The zero-order chi connectivity index (χ0) is 23.2. The molecule has 2 aromatic carbocycles. The molecule has 32 heavy (non-hydrogen) atoms. The van der Waals surface area contributed by atoms with Crippen molar-refractivity contribution < 1.29 is 9.90 Å². The van der Waals surface area contributed by atoms with E-state index in [0.29, 0.717) is 13.0 Å². The lowest BCUT2D eigenvalue weighted by molar-refractivity contribution is -0.149. The predicted octanol–water partition coefficient (Wildman–Crippen LogP) is 5.10. The first-order valence-electron chi connectivity index (χ1n) is 11.1. The molecular weight excluding hydrogens is 402 g/mol. The molecule has 0 aliphatic heterocycles. The summed E-state index contributed by atoms with van der Waals surface area (Å²) in [5.41, 5.74) is 3.75. The Bertz CT molecular complexity index is 1370. The van der Waals surface area contributed by atoms with Gasteiger partial charge in [-0.2, -0.15) is 0 Å². The zero-order valence-corrected chi connectivity index (χ0v) is 19.4. The standard InChI is InChI=1S/C26H31N3O3/c1-6-10-22(26(3,4)24(30)31)29-20-13-8-7-12-19(20)28(25(29)32)16-18-15-27(5)21-14-9-11-17(2)23(18)21/h7-9,11-15,22H,6,10,16H2,1-5H3,(H,30,31). The van der Waals surface area contributed by atoms with E-state index < -0.39 is 17.4 Å². The molecule has 0 saturated carbocycles. The summed E-state index contributed by atoms with van der Waals surface area (Å²) < 4.78 is 5.59. The van der Waals surface area contributed by atoms with E-state index in [2.05, 4.69) is 29.8 Å². The first kappa shape index (κ1) is 21.9. The summed E-state index contributed by atoms with van der Waals surface area (Å²) in [4.78, 5) is 25.9. The van der Waals surface area contributed by atoms with Crippen LogP contribution >= 0.6 is 0 Å². The zero-order valence-electron chi connectivity index (χ0n) is 19.4. The summed E-state index contributed by atoms with van der Waals surface area (Å²) in [5, 5.41) is 11.1. The van der Waals surface area contributed by atoms with Crippen LogP contribution < -0.4 is 5.69 Å². The molecule has 4 rings (SSSR count). The fourth-order valence-corrected chi connectivity index (χ4v) is 4.94. The minimum atomic E-state index is -1.08. The predicted molar refractivity (Wildman–Crippen MR) is 128 cm³/mol. The van der Waals surface area contributed by atoms with Crippen LogP contribution in [0.3, 0.4) is 0 Å². The van der Waals surface area contributed by atoms with Crippen molar-refractivity contribution in [2.75, 3.05) is 0 Å². The normalized spacial score (nSPS) is 13.2. The van der Waals surface area contributed by atoms with E-state index in [1.165, 1.54) is 5.56 Å². The Morgan fingerprint density at radius 3 is 2.38 bits per heavy atom. The number of carboxylic acid groups (broad SMARTS) is 1. The Morgan fingerprint density at radius 2 is 1.72 bits per heavy atom. The number of nitrogens with zero attached hydrogens (tertiary/aromatic N) is 3. The topological polar surface area (TPSA) is 69.2 Å². The summed E-state index contributed by atoms with van der Waals surface area (Å²) in [6.45, 7) is 7.96. The van der Waals surface area contributed by atoms with Crippen molar-refractivity contribution in [3.8, 4) is 0 Å². The summed E-state index contributed by atoms with van der Waals surface area (Å²) in [6, 6.07) is 13.5. The van der Waals surface area contributed by atoms with Crippen molar-refractivity contribution in [2.24, 2.45) is 12.5 Å². The number of hydrogen-bond acceptors (Lipinski definition) is 2. The number of carboxylic acids is 1. The molecule has 0 radical (unpaired) electrons. The van der Waals surface area contributed by atoms with Crippen LogP contribution in [0.1, 0.15) is 50.8 Å². The van der Waals surface area contributed by atoms with Gasteiger partial charge in [0.25, 0.3) is 0 Å². The number of rotatable bonds is 7. The molecule has 0 spiro atoms. The Kier molecular flexibility index (Phi) is 5.49. The van der Waals surface area contributed by atoms with Crippen LogP contribution in [0.15, 0.2) is 53.5 Å². The molecule has 2 aromatic heterocycles. The van der Waals surface area contributed by atoms with Crippen LogP contribution in [-0.4, -0.2) is 24.8 Å². The van der Waals surface area contributed by atoms with Crippen molar-refractivity contribution in [3.63, 3.8) is 0 Å². The number of fused-ring (bicyclic) bond motifs is 2. The maximum absolute atomic E-state index is 13.8. The van der Waals surface area contributed by atoms with E-state index in [0.717, 1.165) is 33.9 Å². The highest BCUT2D eigenvalue weighted by Gasteiger charge is 2.39. The minimum Gasteiger partial charge on any atom is -0.481 e. The number of aromatic nitrogens is 3. The molecule has 0 aliphatic carbocycles. The largest absolute Gasteiger partial charge is 0.481 e. The minimum absolute atomic E-state index is 0.162. The summed E-state index contributed by atoms with van der Waals surface area (Å²) in [7, 11) is 2.02. The van der Waals surface area contributed by atoms with Gasteiger partial charge in [0.15, 0.2) is 0 Å². The molecule has 2 heterocycles. The van der Waals surface area contributed by atoms with E-state index in [1.54, 1.807) is 23.0 Å². The Labute approximate surface area is 187 Å². The SMILES string of the molecule is CCCC(n1c(=O)n(Cc2cn(C)c3cccc(C)c23)c2ccccc21)C(C)(C)C(=O)O. The van der Waals surface area contributed by atoms with Gasteiger partial charge in [-0.1, -0.05) is 37.6 Å². The van der Waals surface area contributed by atoms with E-state index >= 15 is 0 Å². The van der Waals surface area contributed by atoms with Gasteiger partial charge in [-0.3, -0.25) is 13.9 Å². The highest BCUT2D eigenvalue weighted by molar-refractivity contribution is 5.87. The van der Waals surface area contributed by atoms with Crippen LogP contribution in [0.25, 0.3) is 21.9 Å². The second-order valence-corrected chi connectivity index (χ2v) is 9.29. The van der Waals surface area contributed by atoms with E-state index in [-0.39, 0.29) is 5.69 Å². The Balaban J connectivity index is 1.95. The lowest BCUT2D eigenvalue weighted by Gasteiger charge is -2.31. The van der Waals surface area contributed by atoms with Crippen LogP contribution in [0, 0.1) is 12.3 Å². The fourth-order valence-electron chi connectivity index (χ4n) is 4.94. The van der Waals surface area contributed by atoms with Crippen molar-refractivity contribution in [1.82, 2.24) is 13.7 Å². The van der Waals surface area contributed by atoms with Gasteiger partial charge >= 0.3 is 11.7 Å². The van der Waals surface area contributed by atoms with Crippen molar-refractivity contribution >= 4 is 27.9 Å². The maximum atomic E-state index is 13.8. The number of para-hydroxylation sites is 2. The number of aliphatic carboxylic acids is 1. The third-order valence-corrected chi connectivity index (χ3v) is 6.76. The van der Waals surface area contributed by atoms with E-state index in [1.807, 2.05) is 44.3 Å². The Hall–Kier alpha value is -3.28. The molecule has 0 saturated heterocycles. The molecular formula is C26H31N3O3. The smallest absolute Gasteiger partial charge is 0.329 e. The van der Waals surface area contributed by atoms with E-state index in [4.69, 9.17) is 0 Å². The monoisotopic (exact) mass is 433 g/mol. The third-order valence-electron chi connectivity index (χ3n) is 6.76. The summed E-state index contributed by atoms with van der Waals surface area (Å²) in [5.74, 6) is -0.899. The number of carbonyl (C=O) groups is 1. The van der Waals surface area contributed by atoms with Crippen molar-refractivity contribution in [1.29, 1.82) is 0 Å². The Morgan fingerprint density at radius 1 is 1.06 bits per heavy atom. The summed E-state index contributed by atoms with van der Waals surface area (Å²) in [6.07, 6.45) is 3.48. The number of hydrogen-bond donors (Lipinski definition) is 1. The van der Waals surface area contributed by atoms with Crippen LogP contribution in [0.2, 0.25) is 0 Å². The molecule has 6 nitrogen and oxygen atoms in total. The lowest BCUT2D eigenvalue weighted by Crippen LogP contribution is -2.39. The first-order valence-corrected chi connectivity index (χ1v) is 11.1. The fraction of sp³-hybridized carbons (Fsp3) is 0.385. The van der Waals surface area contributed by atoms with Gasteiger partial charge in [0, 0.05) is 24.1 Å². The highest BCUT2D eigenvalue weighted by Crippen LogP contribution is 2.36. The van der Waals surface area contributed by atoms with Gasteiger partial charge in [0.1, 0.15) is 0 Å². The van der Waals surface area contributed by atoms with Gasteiger partial charge in [-0.15, -0.1) is 0 Å². The lowest BCUT2D eigenvalue weighted by atomic mass is 9.81. The molecule has 1 N–H and O–H groups in total. The van der Waals surface area contributed by atoms with Crippen LogP contribution in [-0.2, 0) is 18.4 Å². The average molecular weight is 434 g/mol.